The molecule has 0 amide bonds. The third-order valence-corrected chi connectivity index (χ3v) is 6.01. The zero-order valence-electron chi connectivity index (χ0n) is 17.4. The number of hydrogen-bond donors (Lipinski definition) is 9. The van der Waals surface area contributed by atoms with Crippen LogP contribution in [0.1, 0.15) is 13.8 Å². The smallest absolute Gasteiger partial charge is 0.187 e. The van der Waals surface area contributed by atoms with Gasteiger partial charge in [0.05, 0.1) is 18.8 Å². The maximum Gasteiger partial charge on any atom is 0.187 e. The molecule has 3 rings (SSSR count). The summed E-state index contributed by atoms with van der Waals surface area (Å²) < 4.78 is 26.8. The fraction of sp³-hybridized carbons (Fsp3) is 1.00. The van der Waals surface area contributed by atoms with E-state index in [-0.39, 0.29) is 0 Å². The molecule has 3 fully saturated rings. The SMILES string of the molecule is CC1O[C@@H](O[C@@H]2C(CO)O[C@@H](O)[C@@H](O[C@@H]3OC(C)[C@H](O)C(O)[C@@H]3O)C2O)[C@@H](O)C(O)[C@H]1O. The summed E-state index contributed by atoms with van der Waals surface area (Å²) in [6.45, 7) is 2.11. The topological polar surface area (TPSA) is 228 Å². The summed E-state index contributed by atoms with van der Waals surface area (Å²) in [6.07, 6.45) is -22.4. The predicted molar refractivity (Wildman–Crippen MR) is 98.4 cm³/mol. The van der Waals surface area contributed by atoms with E-state index >= 15 is 0 Å². The van der Waals surface area contributed by atoms with Crippen molar-refractivity contribution in [1.29, 1.82) is 0 Å². The Balaban J connectivity index is 1.74. The fourth-order valence-electron chi connectivity index (χ4n) is 3.93. The van der Waals surface area contributed by atoms with Gasteiger partial charge < -0.3 is 69.6 Å². The molecule has 0 aliphatic carbocycles. The highest BCUT2D eigenvalue weighted by atomic mass is 16.7. The maximum atomic E-state index is 10.8. The van der Waals surface area contributed by atoms with Crippen LogP contribution in [0.15, 0.2) is 0 Å². The van der Waals surface area contributed by atoms with E-state index in [1.54, 1.807) is 0 Å². The van der Waals surface area contributed by atoms with Crippen molar-refractivity contribution in [2.24, 2.45) is 0 Å². The van der Waals surface area contributed by atoms with E-state index in [0.29, 0.717) is 0 Å². The van der Waals surface area contributed by atoms with Gasteiger partial charge in [0.15, 0.2) is 18.9 Å². The first-order chi connectivity index (χ1) is 15.0. The zero-order valence-corrected chi connectivity index (χ0v) is 17.4. The van der Waals surface area contributed by atoms with Crippen molar-refractivity contribution in [3.63, 3.8) is 0 Å². The Kier molecular flexibility index (Phi) is 8.44. The standard InChI is InChI=1S/C18H32O14/c1-4-7(20)9(22)11(24)17(28-4)31-14-6(3-19)30-16(27)15(13(14)26)32-18-12(25)10(23)8(21)5(2)29-18/h4-27H,3H2,1-2H3/t4?,5?,6?,7-,8-,9?,10?,11-,12-,13?,14+,15-,16+,17-,18-/m0/s1. The van der Waals surface area contributed by atoms with Gasteiger partial charge in [-0.25, -0.2) is 0 Å². The molecule has 188 valence electrons. The average Bonchev–Trinajstić information content (AvgIpc) is 2.76. The first-order valence-electron chi connectivity index (χ1n) is 10.3. The van der Waals surface area contributed by atoms with Crippen molar-refractivity contribution < 1.29 is 69.6 Å². The first kappa shape index (κ1) is 26.1. The summed E-state index contributed by atoms with van der Waals surface area (Å²) in [5.74, 6) is 0. The molecule has 9 N–H and O–H groups in total. The van der Waals surface area contributed by atoms with E-state index < -0.39 is 98.7 Å². The third kappa shape index (κ3) is 4.94. The summed E-state index contributed by atoms with van der Waals surface area (Å²) in [6, 6.07) is 0. The van der Waals surface area contributed by atoms with Crippen molar-refractivity contribution in [3.05, 3.63) is 0 Å². The lowest BCUT2D eigenvalue weighted by Gasteiger charge is -2.47. The second kappa shape index (κ2) is 10.4. The largest absolute Gasteiger partial charge is 0.394 e. The molecule has 15 atom stereocenters. The lowest BCUT2D eigenvalue weighted by Crippen LogP contribution is -2.66. The minimum absolute atomic E-state index is 0.723. The minimum Gasteiger partial charge on any atom is -0.394 e. The summed E-state index contributed by atoms with van der Waals surface area (Å²) in [5, 5.41) is 90.4. The van der Waals surface area contributed by atoms with Crippen LogP contribution in [0, 0.1) is 0 Å². The zero-order chi connectivity index (χ0) is 23.9. The molecule has 14 nitrogen and oxygen atoms in total. The molecule has 0 spiro atoms. The number of rotatable bonds is 5. The highest BCUT2D eigenvalue weighted by Crippen LogP contribution is 2.32. The van der Waals surface area contributed by atoms with E-state index in [0.717, 1.165) is 0 Å². The normalized spacial score (nSPS) is 55.0. The summed E-state index contributed by atoms with van der Waals surface area (Å²) in [5.41, 5.74) is 0. The molecule has 0 aromatic rings. The highest BCUT2D eigenvalue weighted by molar-refractivity contribution is 4.95. The van der Waals surface area contributed by atoms with Gasteiger partial charge in [-0.05, 0) is 13.8 Å². The van der Waals surface area contributed by atoms with Crippen molar-refractivity contribution in [2.45, 2.75) is 106 Å². The molecule has 0 radical (unpaired) electrons. The number of ether oxygens (including phenoxy) is 5. The van der Waals surface area contributed by atoms with E-state index in [1.807, 2.05) is 0 Å². The monoisotopic (exact) mass is 472 g/mol. The van der Waals surface area contributed by atoms with Gasteiger partial charge in [0.2, 0.25) is 0 Å². The number of aliphatic hydroxyl groups excluding tert-OH is 9. The average molecular weight is 472 g/mol. The Bertz CT molecular complexity index is 610. The van der Waals surface area contributed by atoms with Crippen LogP contribution in [0.2, 0.25) is 0 Å². The van der Waals surface area contributed by atoms with Gasteiger partial charge in [-0.15, -0.1) is 0 Å². The summed E-state index contributed by atoms with van der Waals surface area (Å²) in [7, 11) is 0. The number of aliphatic hydroxyl groups is 9. The molecule has 14 heteroatoms. The van der Waals surface area contributed by atoms with Gasteiger partial charge in [0, 0.05) is 0 Å². The molecule has 3 heterocycles. The van der Waals surface area contributed by atoms with Crippen molar-refractivity contribution in [2.75, 3.05) is 6.61 Å². The van der Waals surface area contributed by atoms with Gasteiger partial charge in [-0.1, -0.05) is 0 Å². The van der Waals surface area contributed by atoms with Gasteiger partial charge in [-0.2, -0.15) is 0 Å². The molecule has 0 saturated carbocycles. The van der Waals surface area contributed by atoms with Crippen LogP contribution in [0.5, 0.6) is 0 Å². The quantitative estimate of drug-likeness (QED) is 0.182. The molecular weight excluding hydrogens is 440 g/mol. The van der Waals surface area contributed by atoms with Gasteiger partial charge in [0.1, 0.15) is 61.0 Å². The fourth-order valence-corrected chi connectivity index (χ4v) is 3.93. The van der Waals surface area contributed by atoms with Crippen LogP contribution in [0.25, 0.3) is 0 Å². The van der Waals surface area contributed by atoms with Crippen LogP contribution in [0.4, 0.5) is 0 Å². The molecule has 0 aromatic heterocycles. The molecular formula is C18H32O14. The van der Waals surface area contributed by atoms with Crippen molar-refractivity contribution in [3.8, 4) is 0 Å². The summed E-state index contributed by atoms with van der Waals surface area (Å²) in [4.78, 5) is 0. The Morgan fingerprint density at radius 1 is 0.562 bits per heavy atom. The van der Waals surface area contributed by atoms with E-state index in [1.165, 1.54) is 13.8 Å². The van der Waals surface area contributed by atoms with Crippen LogP contribution < -0.4 is 0 Å². The van der Waals surface area contributed by atoms with E-state index in [9.17, 15) is 46.0 Å². The first-order valence-corrected chi connectivity index (χ1v) is 10.3. The van der Waals surface area contributed by atoms with Crippen molar-refractivity contribution >= 4 is 0 Å². The highest BCUT2D eigenvalue weighted by Gasteiger charge is 2.52. The molecule has 0 bridgehead atoms. The van der Waals surface area contributed by atoms with E-state index in [4.69, 9.17) is 23.7 Å². The lowest BCUT2D eigenvalue weighted by atomic mass is 9.96. The van der Waals surface area contributed by atoms with Gasteiger partial charge in [0.25, 0.3) is 0 Å². The summed E-state index contributed by atoms with van der Waals surface area (Å²) >= 11 is 0. The maximum absolute atomic E-state index is 10.8. The second-order valence-electron chi connectivity index (χ2n) is 8.30. The molecule has 3 saturated heterocycles. The van der Waals surface area contributed by atoms with Crippen LogP contribution in [-0.4, -0.2) is 145 Å². The Morgan fingerprint density at radius 3 is 1.44 bits per heavy atom. The van der Waals surface area contributed by atoms with Crippen LogP contribution in [-0.2, 0) is 23.7 Å². The number of hydrogen-bond acceptors (Lipinski definition) is 14. The molecule has 3 aliphatic heterocycles. The van der Waals surface area contributed by atoms with Gasteiger partial charge >= 0.3 is 0 Å². The minimum atomic E-state index is -1.82. The molecule has 32 heavy (non-hydrogen) atoms. The third-order valence-electron chi connectivity index (χ3n) is 6.01. The van der Waals surface area contributed by atoms with Crippen LogP contribution in [0.3, 0.4) is 0 Å². The lowest BCUT2D eigenvalue weighted by molar-refractivity contribution is -0.380. The molecule has 6 unspecified atom stereocenters. The Morgan fingerprint density at radius 2 is 1.00 bits per heavy atom. The van der Waals surface area contributed by atoms with Gasteiger partial charge in [-0.3, -0.25) is 0 Å². The molecule has 0 aromatic carbocycles. The van der Waals surface area contributed by atoms with E-state index in [2.05, 4.69) is 0 Å². The predicted octanol–water partition coefficient (Wildman–Crippen LogP) is -5.52. The molecule has 3 aliphatic rings. The Hall–Kier alpha value is -0.560. The van der Waals surface area contributed by atoms with Crippen LogP contribution >= 0.6 is 0 Å². The van der Waals surface area contributed by atoms with Crippen molar-refractivity contribution in [1.82, 2.24) is 0 Å². The Labute approximate surface area is 183 Å². The second-order valence-corrected chi connectivity index (χ2v) is 8.30.